The van der Waals surface area contributed by atoms with Gasteiger partial charge in [0.05, 0.1) is 12.2 Å². The Bertz CT molecular complexity index is 383. The maximum Gasteiger partial charge on any atom is 0.164 e. The van der Waals surface area contributed by atoms with Gasteiger partial charge in [-0.05, 0) is 26.0 Å². The largest absolute Gasteiger partial charge is 0.385 e. The Morgan fingerprint density at radius 1 is 1.33 bits per heavy atom. The van der Waals surface area contributed by atoms with Crippen LogP contribution in [0.2, 0.25) is 0 Å². The molecule has 0 saturated heterocycles. The molecule has 0 radical (unpaired) electrons. The van der Waals surface area contributed by atoms with Crippen LogP contribution in [0.25, 0.3) is 0 Å². The summed E-state index contributed by atoms with van der Waals surface area (Å²) < 4.78 is 31.5. The normalized spacial score (nSPS) is 14.5. The van der Waals surface area contributed by atoms with Gasteiger partial charge in [0.15, 0.2) is 11.6 Å². The molecule has 18 heavy (non-hydrogen) atoms. The van der Waals surface area contributed by atoms with E-state index in [0.29, 0.717) is 19.7 Å². The molecule has 1 atom stereocenters. The third kappa shape index (κ3) is 4.01. The van der Waals surface area contributed by atoms with Crippen molar-refractivity contribution >= 4 is 0 Å². The lowest BCUT2D eigenvalue weighted by Gasteiger charge is -2.24. The van der Waals surface area contributed by atoms with Crippen LogP contribution in [-0.2, 0) is 10.3 Å². The van der Waals surface area contributed by atoms with Gasteiger partial charge in [0, 0.05) is 19.2 Å². The van der Waals surface area contributed by atoms with Crippen LogP contribution < -0.4 is 5.32 Å². The fraction of sp³-hybridized carbons (Fsp3) is 0.538. The van der Waals surface area contributed by atoms with Crippen LogP contribution >= 0.6 is 0 Å². The number of halogens is 2. The van der Waals surface area contributed by atoms with Crippen molar-refractivity contribution in [3.8, 4) is 0 Å². The second kappa shape index (κ2) is 6.78. The number of hydrogen-bond donors (Lipinski definition) is 2. The van der Waals surface area contributed by atoms with Crippen molar-refractivity contribution in [2.75, 3.05) is 26.8 Å². The molecule has 1 unspecified atom stereocenters. The SMILES string of the molecule is COCCNCCC(C)(O)c1cccc(F)c1F. The second-order valence-electron chi connectivity index (χ2n) is 4.37. The van der Waals surface area contributed by atoms with Gasteiger partial charge in [-0.2, -0.15) is 0 Å². The maximum atomic E-state index is 13.6. The third-order valence-electron chi connectivity index (χ3n) is 2.80. The zero-order valence-electron chi connectivity index (χ0n) is 10.7. The zero-order chi connectivity index (χ0) is 13.6. The van der Waals surface area contributed by atoms with Crippen molar-refractivity contribution in [1.82, 2.24) is 5.32 Å². The van der Waals surface area contributed by atoms with E-state index in [1.165, 1.54) is 19.1 Å². The van der Waals surface area contributed by atoms with Gasteiger partial charge in [-0.25, -0.2) is 8.78 Å². The number of rotatable bonds is 7. The summed E-state index contributed by atoms with van der Waals surface area (Å²) in [7, 11) is 1.60. The van der Waals surface area contributed by atoms with Gasteiger partial charge in [0.25, 0.3) is 0 Å². The first-order valence-electron chi connectivity index (χ1n) is 5.85. The fourth-order valence-corrected chi connectivity index (χ4v) is 1.69. The molecule has 0 saturated carbocycles. The van der Waals surface area contributed by atoms with Crippen molar-refractivity contribution < 1.29 is 18.6 Å². The van der Waals surface area contributed by atoms with Crippen LogP contribution in [0.15, 0.2) is 18.2 Å². The van der Waals surface area contributed by atoms with Gasteiger partial charge < -0.3 is 15.2 Å². The Balaban J connectivity index is 2.59. The molecule has 0 amide bonds. The highest BCUT2D eigenvalue weighted by Gasteiger charge is 2.27. The van der Waals surface area contributed by atoms with E-state index in [1.54, 1.807) is 7.11 Å². The molecule has 1 aromatic carbocycles. The van der Waals surface area contributed by atoms with Crippen LogP contribution in [-0.4, -0.2) is 31.9 Å². The first-order chi connectivity index (χ1) is 8.49. The van der Waals surface area contributed by atoms with E-state index in [1.807, 2.05) is 0 Å². The number of ether oxygens (including phenoxy) is 1. The molecular weight excluding hydrogens is 240 g/mol. The average Bonchev–Trinajstić information content (AvgIpc) is 2.32. The molecule has 1 rings (SSSR count). The van der Waals surface area contributed by atoms with Crippen LogP contribution in [0.5, 0.6) is 0 Å². The summed E-state index contributed by atoms with van der Waals surface area (Å²) in [6.07, 6.45) is 0.289. The predicted molar refractivity (Wildman–Crippen MR) is 65.3 cm³/mol. The van der Waals surface area contributed by atoms with Gasteiger partial charge >= 0.3 is 0 Å². The summed E-state index contributed by atoms with van der Waals surface area (Å²) in [6, 6.07) is 3.82. The minimum Gasteiger partial charge on any atom is -0.385 e. The summed E-state index contributed by atoms with van der Waals surface area (Å²) in [5.74, 6) is -1.93. The molecular formula is C13H19F2NO2. The summed E-state index contributed by atoms with van der Waals surface area (Å²) in [4.78, 5) is 0. The van der Waals surface area contributed by atoms with Crippen LogP contribution in [0.3, 0.4) is 0 Å². The minimum atomic E-state index is -1.40. The molecule has 102 valence electrons. The Morgan fingerprint density at radius 2 is 2.06 bits per heavy atom. The van der Waals surface area contributed by atoms with Gasteiger partial charge in [0.1, 0.15) is 0 Å². The van der Waals surface area contributed by atoms with Crippen molar-refractivity contribution in [3.63, 3.8) is 0 Å². The molecule has 0 bridgehead atoms. The molecule has 0 fully saturated rings. The molecule has 5 heteroatoms. The number of hydrogen-bond acceptors (Lipinski definition) is 3. The molecule has 0 spiro atoms. The van der Waals surface area contributed by atoms with Crippen molar-refractivity contribution in [2.24, 2.45) is 0 Å². The summed E-state index contributed by atoms with van der Waals surface area (Å²) in [6.45, 7) is 3.18. The number of methoxy groups -OCH3 is 1. The minimum absolute atomic E-state index is 0.0176. The Hall–Kier alpha value is -1.04. The Kier molecular flexibility index (Phi) is 5.65. The van der Waals surface area contributed by atoms with E-state index >= 15 is 0 Å². The van der Waals surface area contributed by atoms with Gasteiger partial charge in [-0.3, -0.25) is 0 Å². The Labute approximate surface area is 106 Å². The topological polar surface area (TPSA) is 41.5 Å². The second-order valence-corrected chi connectivity index (χ2v) is 4.37. The zero-order valence-corrected chi connectivity index (χ0v) is 10.7. The summed E-state index contributed by atoms with van der Waals surface area (Å²) in [5, 5.41) is 13.2. The smallest absolute Gasteiger partial charge is 0.164 e. The first kappa shape index (κ1) is 15.0. The summed E-state index contributed by atoms with van der Waals surface area (Å²) in [5.41, 5.74) is -1.41. The molecule has 2 N–H and O–H groups in total. The molecule has 0 aliphatic heterocycles. The van der Waals surface area contributed by atoms with Gasteiger partial charge in [0.2, 0.25) is 0 Å². The monoisotopic (exact) mass is 259 g/mol. The van der Waals surface area contributed by atoms with Crippen LogP contribution in [0, 0.1) is 11.6 Å². The average molecular weight is 259 g/mol. The highest BCUT2D eigenvalue weighted by atomic mass is 19.2. The third-order valence-corrected chi connectivity index (χ3v) is 2.80. The lowest BCUT2D eigenvalue weighted by atomic mass is 9.92. The first-order valence-corrected chi connectivity index (χ1v) is 5.85. The lowest BCUT2D eigenvalue weighted by molar-refractivity contribution is 0.0431. The standard InChI is InChI=1S/C13H19F2NO2/c1-13(17,6-7-16-8-9-18-2)10-4-3-5-11(14)12(10)15/h3-5,16-17H,6-9H2,1-2H3. The highest BCUT2D eigenvalue weighted by Crippen LogP contribution is 2.27. The van der Waals surface area contributed by atoms with Gasteiger partial charge in [-0.15, -0.1) is 0 Å². The maximum absolute atomic E-state index is 13.6. The lowest BCUT2D eigenvalue weighted by Crippen LogP contribution is -2.30. The highest BCUT2D eigenvalue weighted by molar-refractivity contribution is 5.24. The molecule has 1 aromatic rings. The molecule has 0 aromatic heterocycles. The van der Waals surface area contributed by atoms with Crippen LogP contribution in [0.1, 0.15) is 18.9 Å². The van der Waals surface area contributed by atoms with Crippen molar-refractivity contribution in [1.29, 1.82) is 0 Å². The van der Waals surface area contributed by atoms with E-state index in [9.17, 15) is 13.9 Å². The molecule has 0 aliphatic carbocycles. The van der Waals surface area contributed by atoms with E-state index < -0.39 is 17.2 Å². The van der Waals surface area contributed by atoms with E-state index in [4.69, 9.17) is 4.74 Å². The quantitative estimate of drug-likeness (QED) is 0.734. The molecule has 0 aliphatic rings. The van der Waals surface area contributed by atoms with E-state index in [-0.39, 0.29) is 12.0 Å². The molecule has 3 nitrogen and oxygen atoms in total. The summed E-state index contributed by atoms with van der Waals surface area (Å²) >= 11 is 0. The number of benzene rings is 1. The van der Waals surface area contributed by atoms with Crippen molar-refractivity contribution in [2.45, 2.75) is 18.9 Å². The Morgan fingerprint density at radius 3 is 2.72 bits per heavy atom. The van der Waals surface area contributed by atoms with Crippen molar-refractivity contribution in [3.05, 3.63) is 35.4 Å². The number of aliphatic hydroxyl groups is 1. The van der Waals surface area contributed by atoms with Crippen LogP contribution in [0.4, 0.5) is 8.78 Å². The van der Waals surface area contributed by atoms with E-state index in [0.717, 1.165) is 6.07 Å². The molecule has 0 heterocycles. The van der Waals surface area contributed by atoms with E-state index in [2.05, 4.69) is 5.32 Å². The van der Waals surface area contributed by atoms with Gasteiger partial charge in [-0.1, -0.05) is 12.1 Å². The fourth-order valence-electron chi connectivity index (χ4n) is 1.69. The predicted octanol–water partition coefficient (Wildman–Crippen LogP) is 1.80. The number of nitrogens with one attached hydrogen (secondary N) is 1.